The number of para-hydroxylation sites is 3. The van der Waals surface area contributed by atoms with Crippen molar-refractivity contribution in [3.05, 3.63) is 232 Å². The maximum Gasteiger partial charge on any atom is 0.232 e. The van der Waals surface area contributed by atoms with Gasteiger partial charge in [-0.3, -0.25) is 28.8 Å². The third-order valence-corrected chi connectivity index (χ3v) is 13.0. The molecule has 384 valence electrons. The minimum atomic E-state index is -0.812. The van der Waals surface area contributed by atoms with Gasteiger partial charge in [-0.15, -0.1) is 0 Å². The number of H-pyrrole nitrogens is 2. The van der Waals surface area contributed by atoms with Crippen LogP contribution >= 0.6 is 0 Å². The van der Waals surface area contributed by atoms with Crippen molar-refractivity contribution in [2.24, 2.45) is 7.05 Å². The van der Waals surface area contributed by atoms with Crippen molar-refractivity contribution >= 4 is 89.7 Å². The molecule has 0 fully saturated rings. The predicted octanol–water partition coefficient (Wildman–Crippen LogP) is 10.7. The first-order valence-corrected chi connectivity index (χ1v) is 23.9. The molecule has 8 N–H and O–H groups in total. The standard InChI is InChI=1S/C21H15NO5.C21H15NO4.C19H17NO4/c23-15-9-16(24)21(26)18(20(15)25)14-10-22-19-13(14)7-4-8-17(19)27-11-12-5-2-1-3-6-12;1-22-11-14(13-9-5-6-10-15(13)22)17-20(25)18(23)16(19(24)21(17)26)12-7-3-2-4-8-12;1-10(2)6-7-11-4-3-5-12-13(9-20-17(11)12)16-18(23)14(21)8-15(22)19(16)24/h1-10,22-23,26H,11H2;2-11,23,26H,1H3;3-6,8-9,20-21,24H,7H2,1-2H3. The number of aliphatic hydroxyl groups excluding tert-OH is 6. The summed E-state index contributed by atoms with van der Waals surface area (Å²) in [4.78, 5) is 79.7. The van der Waals surface area contributed by atoms with E-state index >= 15 is 0 Å². The van der Waals surface area contributed by atoms with Gasteiger partial charge in [0.25, 0.3) is 0 Å². The number of carbonyl (C=O) groups excluding carboxylic acids is 6. The molecule has 0 bridgehead atoms. The lowest BCUT2D eigenvalue weighted by Gasteiger charge is -2.18. The molecular weight excluding hydrogens is 983 g/mol. The zero-order chi connectivity index (χ0) is 54.8. The topological polar surface area (TPSA) is 270 Å². The molecule has 16 heteroatoms. The Labute approximate surface area is 438 Å². The molecule has 0 atom stereocenters. The van der Waals surface area contributed by atoms with E-state index in [-0.39, 0.29) is 22.3 Å². The predicted molar refractivity (Wildman–Crippen MR) is 290 cm³/mol. The van der Waals surface area contributed by atoms with Crippen molar-refractivity contribution in [3.63, 3.8) is 0 Å². The van der Waals surface area contributed by atoms with Gasteiger partial charge in [0.1, 0.15) is 12.4 Å². The van der Waals surface area contributed by atoms with Gasteiger partial charge in [0.05, 0.1) is 27.8 Å². The van der Waals surface area contributed by atoms with E-state index in [4.69, 9.17) is 4.74 Å². The number of hydrogen-bond acceptors (Lipinski definition) is 13. The molecule has 16 nitrogen and oxygen atoms in total. The number of nitrogens with zero attached hydrogens (tertiary/aromatic N) is 1. The summed E-state index contributed by atoms with van der Waals surface area (Å²) in [5, 5.41) is 62.4. The second-order valence-corrected chi connectivity index (χ2v) is 18.2. The quantitative estimate of drug-likeness (QED) is 0.0494. The number of ketones is 6. The number of aryl methyl sites for hydroxylation is 1. The number of Topliss-reactive ketones (excluding diaryl/α,β-unsaturated/α-hetero) is 4. The number of hydrogen-bond donors (Lipinski definition) is 8. The largest absolute Gasteiger partial charge is 0.504 e. The fourth-order valence-corrected chi connectivity index (χ4v) is 9.17. The van der Waals surface area contributed by atoms with Crippen molar-refractivity contribution in [3.8, 4) is 5.75 Å². The summed E-state index contributed by atoms with van der Waals surface area (Å²) < 4.78 is 7.68. The number of fused-ring (bicyclic) bond motifs is 3. The van der Waals surface area contributed by atoms with Gasteiger partial charge >= 0.3 is 0 Å². The highest BCUT2D eigenvalue weighted by Gasteiger charge is 2.38. The van der Waals surface area contributed by atoms with E-state index in [1.807, 2.05) is 81.6 Å². The van der Waals surface area contributed by atoms with Crippen LogP contribution in [-0.4, -0.2) is 79.9 Å². The number of allylic oxidation sites excluding steroid dienone is 8. The molecule has 5 aromatic carbocycles. The Hall–Kier alpha value is -10.5. The highest BCUT2D eigenvalue weighted by atomic mass is 16.5. The summed E-state index contributed by atoms with van der Waals surface area (Å²) in [7, 11) is 1.81. The maximum atomic E-state index is 12.8. The lowest BCUT2D eigenvalue weighted by molar-refractivity contribution is -0.117. The van der Waals surface area contributed by atoms with Gasteiger partial charge in [-0.2, -0.15) is 0 Å². The molecule has 0 saturated heterocycles. The lowest BCUT2D eigenvalue weighted by Crippen LogP contribution is -2.22. The van der Waals surface area contributed by atoms with Crippen LogP contribution in [0.5, 0.6) is 5.75 Å². The summed E-state index contributed by atoms with van der Waals surface area (Å²) in [5.41, 5.74) is 6.30. The lowest BCUT2D eigenvalue weighted by atomic mass is 9.86. The van der Waals surface area contributed by atoms with Gasteiger partial charge in [-0.1, -0.05) is 121 Å². The zero-order valence-electron chi connectivity index (χ0n) is 41.4. The van der Waals surface area contributed by atoms with Crippen LogP contribution in [0.25, 0.3) is 55.0 Å². The van der Waals surface area contributed by atoms with Crippen LogP contribution in [-0.2, 0) is 48.8 Å². The Morgan fingerprint density at radius 1 is 0.519 bits per heavy atom. The van der Waals surface area contributed by atoms with E-state index in [1.54, 1.807) is 77.6 Å². The number of aliphatic hydroxyl groups is 6. The van der Waals surface area contributed by atoms with E-state index < -0.39 is 69.3 Å². The Morgan fingerprint density at radius 2 is 1.01 bits per heavy atom. The van der Waals surface area contributed by atoms with Crippen LogP contribution in [0.2, 0.25) is 0 Å². The van der Waals surface area contributed by atoms with Crippen LogP contribution in [0.4, 0.5) is 0 Å². The highest BCUT2D eigenvalue weighted by Crippen LogP contribution is 2.39. The Morgan fingerprint density at radius 3 is 1.62 bits per heavy atom. The van der Waals surface area contributed by atoms with E-state index in [0.29, 0.717) is 62.4 Å². The average Bonchev–Trinajstić information content (AvgIpc) is 4.19. The smallest absolute Gasteiger partial charge is 0.232 e. The highest BCUT2D eigenvalue weighted by molar-refractivity contribution is 6.47. The summed E-state index contributed by atoms with van der Waals surface area (Å²) in [5.74, 6) is -8.11. The number of rotatable bonds is 9. The minimum absolute atomic E-state index is 0.175. The normalized spacial score (nSPS) is 14.9. The number of nitrogens with one attached hydrogen (secondary N) is 2. The number of benzene rings is 5. The fourth-order valence-electron chi connectivity index (χ4n) is 9.17. The molecule has 0 saturated carbocycles. The summed E-state index contributed by atoms with van der Waals surface area (Å²) >= 11 is 0. The third-order valence-electron chi connectivity index (χ3n) is 13.0. The van der Waals surface area contributed by atoms with Crippen LogP contribution in [0, 0.1) is 0 Å². The number of aromatic nitrogens is 3. The molecule has 77 heavy (non-hydrogen) atoms. The molecule has 3 aliphatic rings. The van der Waals surface area contributed by atoms with E-state index in [0.717, 1.165) is 34.7 Å². The van der Waals surface area contributed by atoms with Gasteiger partial charge in [0.2, 0.25) is 34.7 Å². The average molecular weight is 1030 g/mol. The number of aromatic amines is 2. The first-order chi connectivity index (χ1) is 37.0. The molecule has 11 rings (SSSR count). The second-order valence-electron chi connectivity index (χ2n) is 18.2. The van der Waals surface area contributed by atoms with Gasteiger partial charge in [0, 0.05) is 81.7 Å². The Balaban J connectivity index is 0.000000141. The molecule has 0 amide bonds. The second kappa shape index (κ2) is 21.2. The summed E-state index contributed by atoms with van der Waals surface area (Å²) in [6.45, 7) is 4.40. The zero-order valence-corrected chi connectivity index (χ0v) is 41.4. The van der Waals surface area contributed by atoms with E-state index in [2.05, 4.69) is 16.0 Å². The SMILES string of the molecule is CC(C)=CCc1cccc2c(C3=C(O)C(=O)C=C(O)C3=O)c[nH]c12.Cn1cc(C2=C(O)C(=O)C(c3ccccc3)=C(O)C2=O)c2ccccc21.O=C1C=C(O)C(=O)C(c2c[nH]c3c(OCc4ccccc4)cccc23)=C1O. The van der Waals surface area contributed by atoms with E-state index in [1.165, 1.54) is 11.8 Å². The molecule has 3 aromatic heterocycles. The number of ether oxygens (including phenoxy) is 1. The maximum absolute atomic E-state index is 12.8. The van der Waals surface area contributed by atoms with Crippen molar-refractivity contribution in [2.45, 2.75) is 26.9 Å². The molecule has 3 aliphatic carbocycles. The van der Waals surface area contributed by atoms with Crippen molar-refractivity contribution in [2.75, 3.05) is 0 Å². The van der Waals surface area contributed by atoms with Crippen LogP contribution in [0.1, 0.15) is 47.2 Å². The van der Waals surface area contributed by atoms with Gasteiger partial charge in [-0.05, 0) is 49.1 Å². The van der Waals surface area contributed by atoms with Gasteiger partial charge < -0.3 is 49.9 Å². The first kappa shape index (κ1) is 51.4. The molecule has 3 heterocycles. The molecule has 0 spiro atoms. The van der Waals surface area contributed by atoms with E-state index in [9.17, 15) is 59.4 Å². The molecular formula is C61H47N3O13. The van der Waals surface area contributed by atoms with Gasteiger partial charge in [-0.25, -0.2) is 0 Å². The van der Waals surface area contributed by atoms with Crippen molar-refractivity contribution in [1.29, 1.82) is 0 Å². The van der Waals surface area contributed by atoms with Crippen LogP contribution < -0.4 is 4.74 Å². The van der Waals surface area contributed by atoms with Gasteiger partial charge in [0.15, 0.2) is 34.6 Å². The molecule has 8 aromatic rings. The van der Waals surface area contributed by atoms with Crippen LogP contribution in [0.15, 0.2) is 198 Å². The summed E-state index contributed by atoms with van der Waals surface area (Å²) in [6, 6.07) is 36.3. The number of carbonyl (C=O) groups is 6. The molecule has 0 unspecified atom stereocenters. The Bertz CT molecular complexity index is 4040. The van der Waals surface area contributed by atoms with Crippen molar-refractivity contribution in [1.82, 2.24) is 14.5 Å². The van der Waals surface area contributed by atoms with Crippen molar-refractivity contribution < 1.29 is 64.1 Å². The Kier molecular flexibility index (Phi) is 14.1. The first-order valence-electron chi connectivity index (χ1n) is 23.9. The molecule has 0 aliphatic heterocycles. The minimum Gasteiger partial charge on any atom is -0.504 e. The third kappa shape index (κ3) is 9.77. The fraction of sp³-hybridized carbons (Fsp3) is 0.0820. The van der Waals surface area contributed by atoms with Crippen LogP contribution in [0.3, 0.4) is 0 Å². The monoisotopic (exact) mass is 1030 g/mol. The summed E-state index contributed by atoms with van der Waals surface area (Å²) in [6.07, 6.45) is 9.02. The molecule has 0 radical (unpaired) electrons.